The van der Waals surface area contributed by atoms with Crippen molar-refractivity contribution in [1.29, 1.82) is 0 Å². The van der Waals surface area contributed by atoms with Crippen molar-refractivity contribution in [2.75, 3.05) is 0 Å². The van der Waals surface area contributed by atoms with Crippen LogP contribution in [0.2, 0.25) is 0 Å². The molecule has 1 aromatic carbocycles. The monoisotopic (exact) mass is 251 g/mol. The Hall–Kier alpha value is -1.55. The van der Waals surface area contributed by atoms with Gasteiger partial charge in [0.2, 0.25) is 0 Å². The van der Waals surface area contributed by atoms with Crippen molar-refractivity contribution in [3.05, 3.63) is 29.8 Å². The van der Waals surface area contributed by atoms with E-state index < -0.39 is 12.0 Å². The highest BCUT2D eigenvalue weighted by Crippen LogP contribution is 2.15. The maximum atomic E-state index is 10.5. The van der Waals surface area contributed by atoms with Crippen molar-refractivity contribution < 1.29 is 14.6 Å². The van der Waals surface area contributed by atoms with E-state index in [2.05, 4.69) is 0 Å². The minimum Gasteiger partial charge on any atom is -0.491 e. The molecule has 18 heavy (non-hydrogen) atoms. The van der Waals surface area contributed by atoms with Gasteiger partial charge in [-0.1, -0.05) is 12.1 Å². The summed E-state index contributed by atoms with van der Waals surface area (Å²) in [6.45, 7) is 3.97. The molecule has 3 N–H and O–H groups in total. The number of hydrogen-bond acceptors (Lipinski definition) is 3. The molecule has 4 nitrogen and oxygen atoms in total. The van der Waals surface area contributed by atoms with Crippen molar-refractivity contribution in [2.45, 2.75) is 45.3 Å². The lowest BCUT2D eigenvalue weighted by molar-refractivity contribution is -0.138. The Labute approximate surface area is 108 Å². The first kappa shape index (κ1) is 14.5. The molecule has 0 aliphatic heterocycles. The molecule has 0 saturated heterocycles. The van der Waals surface area contributed by atoms with E-state index in [-0.39, 0.29) is 6.10 Å². The zero-order valence-corrected chi connectivity index (χ0v) is 10.9. The van der Waals surface area contributed by atoms with Crippen LogP contribution in [0.25, 0.3) is 0 Å². The summed E-state index contributed by atoms with van der Waals surface area (Å²) in [7, 11) is 0. The highest BCUT2D eigenvalue weighted by atomic mass is 16.5. The van der Waals surface area contributed by atoms with Crippen LogP contribution >= 0.6 is 0 Å². The zero-order valence-electron chi connectivity index (χ0n) is 10.9. The van der Waals surface area contributed by atoms with Crippen LogP contribution in [-0.2, 0) is 11.2 Å². The predicted octanol–water partition coefficient (Wildman–Crippen LogP) is 2.21. The molecule has 0 aliphatic rings. The number of ether oxygens (including phenoxy) is 1. The van der Waals surface area contributed by atoms with Gasteiger partial charge in [0, 0.05) is 0 Å². The fourth-order valence-electron chi connectivity index (χ4n) is 1.66. The molecule has 0 amide bonds. The molecule has 0 heterocycles. The van der Waals surface area contributed by atoms with E-state index >= 15 is 0 Å². The average Bonchev–Trinajstić information content (AvgIpc) is 2.30. The summed E-state index contributed by atoms with van der Waals surface area (Å²) < 4.78 is 5.55. The van der Waals surface area contributed by atoms with Gasteiger partial charge in [0.25, 0.3) is 0 Å². The topological polar surface area (TPSA) is 72.5 Å². The van der Waals surface area contributed by atoms with E-state index in [1.54, 1.807) is 0 Å². The molecule has 0 aliphatic carbocycles. The quantitative estimate of drug-likeness (QED) is 0.779. The first-order chi connectivity index (χ1) is 8.49. The Bertz CT molecular complexity index is 373. The minimum atomic E-state index is -0.935. The highest BCUT2D eigenvalue weighted by molar-refractivity contribution is 5.72. The van der Waals surface area contributed by atoms with Crippen molar-refractivity contribution in [2.24, 2.45) is 5.73 Å². The molecule has 0 fully saturated rings. The van der Waals surface area contributed by atoms with E-state index in [1.165, 1.54) is 5.56 Å². The first-order valence-electron chi connectivity index (χ1n) is 6.23. The molecule has 1 aromatic rings. The molecule has 0 spiro atoms. The molecule has 0 bridgehead atoms. The molecule has 4 heteroatoms. The average molecular weight is 251 g/mol. The van der Waals surface area contributed by atoms with Gasteiger partial charge in [0.15, 0.2) is 0 Å². The zero-order chi connectivity index (χ0) is 13.5. The standard InChI is InChI=1S/C14H21NO3/c1-10(2)18-12-8-6-11(7-9-12)4-3-5-13(15)14(16)17/h6-10,13H,3-5,15H2,1-2H3,(H,16,17). The number of aliphatic carboxylic acids is 1. The van der Waals surface area contributed by atoms with Gasteiger partial charge in [-0.05, 0) is 50.8 Å². The van der Waals surface area contributed by atoms with Crippen LogP contribution < -0.4 is 10.5 Å². The van der Waals surface area contributed by atoms with Gasteiger partial charge < -0.3 is 15.6 Å². The van der Waals surface area contributed by atoms with Crippen molar-refractivity contribution in [3.63, 3.8) is 0 Å². The van der Waals surface area contributed by atoms with E-state index in [0.717, 1.165) is 18.6 Å². The van der Waals surface area contributed by atoms with Gasteiger partial charge >= 0.3 is 5.97 Å². The summed E-state index contributed by atoms with van der Waals surface area (Å²) >= 11 is 0. The van der Waals surface area contributed by atoms with Gasteiger partial charge in [0.05, 0.1) is 6.10 Å². The lowest BCUT2D eigenvalue weighted by atomic mass is 10.1. The fraction of sp³-hybridized carbons (Fsp3) is 0.500. The van der Waals surface area contributed by atoms with E-state index in [9.17, 15) is 4.79 Å². The second-order valence-corrected chi connectivity index (χ2v) is 4.65. The molecule has 0 saturated carbocycles. The molecule has 0 aromatic heterocycles. The number of aryl methyl sites for hydroxylation is 1. The summed E-state index contributed by atoms with van der Waals surface area (Å²) in [6.07, 6.45) is 2.28. The number of carbonyl (C=O) groups is 1. The molecular weight excluding hydrogens is 230 g/mol. The summed E-state index contributed by atoms with van der Waals surface area (Å²) in [5, 5.41) is 8.66. The van der Waals surface area contributed by atoms with Crippen LogP contribution in [0, 0.1) is 0 Å². The van der Waals surface area contributed by atoms with Crippen LogP contribution in [0.3, 0.4) is 0 Å². The number of carboxylic acids is 1. The maximum Gasteiger partial charge on any atom is 0.320 e. The number of nitrogens with two attached hydrogens (primary N) is 1. The smallest absolute Gasteiger partial charge is 0.320 e. The van der Waals surface area contributed by atoms with Crippen LogP contribution in [0.5, 0.6) is 5.75 Å². The molecule has 1 rings (SSSR count). The van der Waals surface area contributed by atoms with Gasteiger partial charge in [-0.15, -0.1) is 0 Å². The van der Waals surface area contributed by atoms with Crippen LogP contribution in [-0.4, -0.2) is 23.2 Å². The summed E-state index contributed by atoms with van der Waals surface area (Å²) in [6, 6.07) is 7.13. The Balaban J connectivity index is 2.37. The lowest BCUT2D eigenvalue weighted by Crippen LogP contribution is -2.29. The second-order valence-electron chi connectivity index (χ2n) is 4.65. The number of benzene rings is 1. The second kappa shape index (κ2) is 7.01. The molecular formula is C14H21NO3. The molecule has 1 unspecified atom stereocenters. The number of rotatable bonds is 7. The van der Waals surface area contributed by atoms with Crippen molar-refractivity contribution in [3.8, 4) is 5.75 Å². The third-order valence-corrected chi connectivity index (χ3v) is 2.59. The maximum absolute atomic E-state index is 10.5. The number of hydrogen-bond donors (Lipinski definition) is 2. The third-order valence-electron chi connectivity index (χ3n) is 2.59. The summed E-state index contributed by atoms with van der Waals surface area (Å²) in [5.41, 5.74) is 6.61. The van der Waals surface area contributed by atoms with Crippen LogP contribution in [0.15, 0.2) is 24.3 Å². The number of carboxylic acid groups (broad SMARTS) is 1. The third kappa shape index (κ3) is 5.19. The van der Waals surface area contributed by atoms with Gasteiger partial charge in [-0.3, -0.25) is 4.79 Å². The van der Waals surface area contributed by atoms with E-state index in [4.69, 9.17) is 15.6 Å². The van der Waals surface area contributed by atoms with Crippen LogP contribution in [0.1, 0.15) is 32.3 Å². The molecule has 100 valence electrons. The Morgan fingerprint density at radius 3 is 2.44 bits per heavy atom. The predicted molar refractivity (Wildman–Crippen MR) is 70.8 cm³/mol. The Kier molecular flexibility index (Phi) is 5.65. The summed E-state index contributed by atoms with van der Waals surface area (Å²) in [5.74, 6) is -0.0772. The van der Waals surface area contributed by atoms with E-state index in [0.29, 0.717) is 6.42 Å². The van der Waals surface area contributed by atoms with Gasteiger partial charge in [0.1, 0.15) is 11.8 Å². The van der Waals surface area contributed by atoms with Gasteiger partial charge in [-0.25, -0.2) is 0 Å². The molecule has 1 atom stereocenters. The van der Waals surface area contributed by atoms with E-state index in [1.807, 2.05) is 38.1 Å². The largest absolute Gasteiger partial charge is 0.491 e. The minimum absolute atomic E-state index is 0.171. The van der Waals surface area contributed by atoms with Crippen molar-refractivity contribution >= 4 is 5.97 Å². The SMILES string of the molecule is CC(C)Oc1ccc(CCCC(N)C(=O)O)cc1. The lowest BCUT2D eigenvalue weighted by Gasteiger charge is -2.10. The Morgan fingerprint density at radius 1 is 1.33 bits per heavy atom. The van der Waals surface area contributed by atoms with Crippen LogP contribution in [0.4, 0.5) is 0 Å². The Morgan fingerprint density at radius 2 is 1.94 bits per heavy atom. The normalized spacial score (nSPS) is 12.4. The molecule has 0 radical (unpaired) electrons. The first-order valence-corrected chi connectivity index (χ1v) is 6.23. The summed E-state index contributed by atoms with van der Waals surface area (Å²) in [4.78, 5) is 10.5. The van der Waals surface area contributed by atoms with Crippen molar-refractivity contribution in [1.82, 2.24) is 0 Å². The highest BCUT2D eigenvalue weighted by Gasteiger charge is 2.10. The fourth-order valence-corrected chi connectivity index (χ4v) is 1.66. The van der Waals surface area contributed by atoms with Gasteiger partial charge in [-0.2, -0.15) is 0 Å².